The lowest BCUT2D eigenvalue weighted by Crippen LogP contribution is -2.36. The van der Waals surface area contributed by atoms with Gasteiger partial charge >= 0.3 is 12.2 Å². The minimum absolute atomic E-state index is 0.00168. The first kappa shape index (κ1) is 18.6. The first-order valence-electron chi connectivity index (χ1n) is 6.94. The molecule has 118 valence electrons. The van der Waals surface area contributed by atoms with E-state index in [9.17, 15) is 9.59 Å². The lowest BCUT2D eigenvalue weighted by atomic mass is 10.3. The molecule has 0 radical (unpaired) electrons. The van der Waals surface area contributed by atoms with Crippen LogP contribution in [0.1, 0.15) is 25.7 Å². The fourth-order valence-electron chi connectivity index (χ4n) is 1.61. The van der Waals surface area contributed by atoms with E-state index in [0.29, 0.717) is 24.4 Å². The standard InChI is InChI=1S/C12H26N4O4/c13-5-3-8-14-6-1-2-7-15-9-4-10-16(11(17)18)12(19)20/h14-15H,1-10,13H2,(H,17,18)(H,19,20). The monoisotopic (exact) mass is 290 g/mol. The van der Waals surface area contributed by atoms with Gasteiger partial charge in [-0.3, -0.25) is 0 Å². The maximum Gasteiger partial charge on any atom is 0.416 e. The van der Waals surface area contributed by atoms with Crippen molar-refractivity contribution in [2.24, 2.45) is 5.73 Å². The van der Waals surface area contributed by atoms with Crippen LogP contribution in [0.3, 0.4) is 0 Å². The van der Waals surface area contributed by atoms with Gasteiger partial charge in [0.25, 0.3) is 0 Å². The molecule has 2 amide bonds. The Morgan fingerprint density at radius 2 is 1.30 bits per heavy atom. The van der Waals surface area contributed by atoms with E-state index < -0.39 is 12.2 Å². The van der Waals surface area contributed by atoms with Gasteiger partial charge in [0.05, 0.1) is 0 Å². The fraction of sp³-hybridized carbons (Fsp3) is 0.833. The number of hydrogen-bond donors (Lipinski definition) is 5. The van der Waals surface area contributed by atoms with Gasteiger partial charge in [-0.15, -0.1) is 0 Å². The van der Waals surface area contributed by atoms with Crippen LogP contribution in [0.5, 0.6) is 0 Å². The summed E-state index contributed by atoms with van der Waals surface area (Å²) >= 11 is 0. The molecule has 0 bridgehead atoms. The zero-order valence-electron chi connectivity index (χ0n) is 11.8. The Balaban J connectivity index is 3.32. The van der Waals surface area contributed by atoms with Crippen LogP contribution in [-0.2, 0) is 0 Å². The predicted octanol–water partition coefficient (Wildman–Crippen LogP) is 0.343. The maximum absolute atomic E-state index is 10.6. The van der Waals surface area contributed by atoms with Gasteiger partial charge in [0, 0.05) is 6.54 Å². The number of unbranched alkanes of at least 4 members (excludes halogenated alkanes) is 1. The van der Waals surface area contributed by atoms with Crippen molar-refractivity contribution in [3.63, 3.8) is 0 Å². The molecular weight excluding hydrogens is 264 g/mol. The number of amides is 2. The number of nitrogens with two attached hydrogens (primary N) is 1. The molecule has 0 atom stereocenters. The van der Waals surface area contributed by atoms with Gasteiger partial charge in [-0.2, -0.15) is 0 Å². The van der Waals surface area contributed by atoms with Gasteiger partial charge in [-0.1, -0.05) is 0 Å². The van der Waals surface area contributed by atoms with E-state index in [1.54, 1.807) is 0 Å². The van der Waals surface area contributed by atoms with Gasteiger partial charge in [0.2, 0.25) is 0 Å². The molecule has 0 aliphatic carbocycles. The molecule has 0 aromatic rings. The second-order valence-corrected chi connectivity index (χ2v) is 4.42. The van der Waals surface area contributed by atoms with Crippen LogP contribution in [0.15, 0.2) is 0 Å². The Morgan fingerprint density at radius 1 is 0.850 bits per heavy atom. The van der Waals surface area contributed by atoms with Gasteiger partial charge in [-0.25, -0.2) is 14.5 Å². The SMILES string of the molecule is NCCCNCCCCNCCCN(C(=O)O)C(=O)O. The Morgan fingerprint density at radius 3 is 1.75 bits per heavy atom. The van der Waals surface area contributed by atoms with Gasteiger partial charge in [-0.05, 0) is 58.4 Å². The van der Waals surface area contributed by atoms with Crippen molar-refractivity contribution in [2.45, 2.75) is 25.7 Å². The quantitative estimate of drug-likeness (QED) is 0.328. The summed E-state index contributed by atoms with van der Waals surface area (Å²) in [5.41, 5.74) is 5.37. The average molecular weight is 290 g/mol. The van der Waals surface area contributed by atoms with Crippen LogP contribution in [0.4, 0.5) is 9.59 Å². The average Bonchev–Trinajstić information content (AvgIpc) is 2.39. The molecule has 0 heterocycles. The van der Waals surface area contributed by atoms with Crippen molar-refractivity contribution in [3.8, 4) is 0 Å². The molecule has 0 saturated heterocycles. The Kier molecular flexibility index (Phi) is 11.8. The van der Waals surface area contributed by atoms with Crippen molar-refractivity contribution in [2.75, 3.05) is 39.3 Å². The second-order valence-electron chi connectivity index (χ2n) is 4.42. The molecule has 0 spiro atoms. The zero-order chi connectivity index (χ0) is 15.2. The molecule has 0 aliphatic rings. The molecule has 0 aromatic heterocycles. The highest BCUT2D eigenvalue weighted by Gasteiger charge is 2.18. The van der Waals surface area contributed by atoms with E-state index in [0.717, 1.165) is 38.9 Å². The third kappa shape index (κ3) is 10.5. The van der Waals surface area contributed by atoms with Gasteiger partial charge in [0.15, 0.2) is 0 Å². The lowest BCUT2D eigenvalue weighted by molar-refractivity contribution is 0.122. The summed E-state index contributed by atoms with van der Waals surface area (Å²) in [4.78, 5) is 21.5. The summed E-state index contributed by atoms with van der Waals surface area (Å²) in [6, 6.07) is 0. The third-order valence-electron chi connectivity index (χ3n) is 2.71. The van der Waals surface area contributed by atoms with Crippen LogP contribution in [0.2, 0.25) is 0 Å². The van der Waals surface area contributed by atoms with Crippen LogP contribution in [-0.4, -0.2) is 66.6 Å². The van der Waals surface area contributed by atoms with E-state index in [-0.39, 0.29) is 6.54 Å². The Labute approximate surface area is 119 Å². The number of nitrogens with zero attached hydrogens (tertiary/aromatic N) is 1. The highest BCUT2D eigenvalue weighted by atomic mass is 16.4. The Hall–Kier alpha value is -1.38. The van der Waals surface area contributed by atoms with Crippen molar-refractivity contribution in [1.29, 1.82) is 0 Å². The third-order valence-corrected chi connectivity index (χ3v) is 2.71. The topological polar surface area (TPSA) is 128 Å². The molecule has 0 rings (SSSR count). The summed E-state index contributed by atoms with van der Waals surface area (Å²) in [5.74, 6) is 0. The van der Waals surface area contributed by atoms with Gasteiger partial charge < -0.3 is 26.6 Å². The van der Waals surface area contributed by atoms with Gasteiger partial charge in [0.1, 0.15) is 0 Å². The first-order chi connectivity index (χ1) is 9.59. The molecule has 6 N–H and O–H groups in total. The summed E-state index contributed by atoms with van der Waals surface area (Å²) < 4.78 is 0. The summed E-state index contributed by atoms with van der Waals surface area (Å²) in [5, 5.41) is 23.7. The summed E-state index contributed by atoms with van der Waals surface area (Å²) in [7, 11) is 0. The normalized spacial score (nSPS) is 10.4. The molecule has 0 fully saturated rings. The predicted molar refractivity (Wildman–Crippen MR) is 76.0 cm³/mol. The number of carboxylic acid groups (broad SMARTS) is 2. The van der Waals surface area contributed by atoms with E-state index in [1.807, 2.05) is 0 Å². The largest absolute Gasteiger partial charge is 0.465 e. The molecule has 0 aliphatic heterocycles. The van der Waals surface area contributed by atoms with E-state index in [1.165, 1.54) is 0 Å². The van der Waals surface area contributed by atoms with Crippen molar-refractivity contribution < 1.29 is 19.8 Å². The first-order valence-corrected chi connectivity index (χ1v) is 6.94. The summed E-state index contributed by atoms with van der Waals surface area (Å²) in [6.45, 7) is 4.07. The van der Waals surface area contributed by atoms with E-state index in [4.69, 9.17) is 15.9 Å². The highest BCUT2D eigenvalue weighted by molar-refractivity contribution is 5.85. The van der Waals surface area contributed by atoms with E-state index >= 15 is 0 Å². The fourth-order valence-corrected chi connectivity index (χ4v) is 1.61. The molecule has 0 aromatic carbocycles. The highest BCUT2D eigenvalue weighted by Crippen LogP contribution is 1.93. The molecule has 0 unspecified atom stereocenters. The number of imide groups is 1. The number of hydrogen-bond acceptors (Lipinski definition) is 5. The van der Waals surface area contributed by atoms with Crippen molar-refractivity contribution in [3.05, 3.63) is 0 Å². The number of carbonyl (C=O) groups is 2. The van der Waals surface area contributed by atoms with Crippen LogP contribution >= 0.6 is 0 Å². The van der Waals surface area contributed by atoms with Crippen molar-refractivity contribution >= 4 is 12.2 Å². The minimum Gasteiger partial charge on any atom is -0.465 e. The van der Waals surface area contributed by atoms with E-state index in [2.05, 4.69) is 10.6 Å². The minimum atomic E-state index is -1.43. The molecule has 0 saturated carbocycles. The molecule has 8 nitrogen and oxygen atoms in total. The second kappa shape index (κ2) is 12.6. The van der Waals surface area contributed by atoms with Crippen molar-refractivity contribution in [1.82, 2.24) is 15.5 Å². The maximum atomic E-state index is 10.6. The number of rotatable bonds is 12. The smallest absolute Gasteiger partial charge is 0.416 e. The number of nitrogens with one attached hydrogen (secondary N) is 2. The summed E-state index contributed by atoms with van der Waals surface area (Å²) in [6.07, 6.45) is 0.697. The van der Waals surface area contributed by atoms with Crippen LogP contribution in [0.25, 0.3) is 0 Å². The van der Waals surface area contributed by atoms with Crippen LogP contribution < -0.4 is 16.4 Å². The lowest BCUT2D eigenvalue weighted by Gasteiger charge is -2.13. The Bertz CT molecular complexity index is 262. The molecular formula is C12H26N4O4. The van der Waals surface area contributed by atoms with Crippen LogP contribution in [0, 0.1) is 0 Å². The zero-order valence-corrected chi connectivity index (χ0v) is 11.8. The molecule has 8 heteroatoms. The molecule has 20 heavy (non-hydrogen) atoms.